The highest BCUT2D eigenvalue weighted by Crippen LogP contribution is 2.72. The van der Waals surface area contributed by atoms with Gasteiger partial charge in [-0.05, 0) is 32.3 Å². The smallest absolute Gasteiger partial charge is 0.331 e. The second-order valence-corrected chi connectivity index (χ2v) is 8.59. The van der Waals surface area contributed by atoms with Crippen LogP contribution in [-0.2, 0) is 23.8 Å². The molecule has 0 amide bonds. The first-order valence-corrected chi connectivity index (χ1v) is 8.85. The molecule has 0 aromatic carbocycles. The third-order valence-corrected chi connectivity index (χ3v) is 7.35. The molecule has 0 radical (unpaired) electrons. The van der Waals surface area contributed by atoms with Crippen LogP contribution in [0.5, 0.6) is 0 Å². The quantitative estimate of drug-likeness (QED) is 0.509. The molecule has 3 aliphatic heterocycles. The Kier molecular flexibility index (Phi) is 2.70. The average Bonchev–Trinajstić information content (AvgIpc) is 3.21. The summed E-state index contributed by atoms with van der Waals surface area (Å²) in [6, 6.07) is 0. The van der Waals surface area contributed by atoms with Crippen LogP contribution in [0.4, 0.5) is 0 Å². The third-order valence-electron chi connectivity index (χ3n) is 7.35. The normalized spacial score (nSPS) is 56.7. The summed E-state index contributed by atoms with van der Waals surface area (Å²) in [5.41, 5.74) is -1.92. The molecule has 7 heteroatoms. The number of aliphatic hydroxyl groups is 2. The van der Waals surface area contributed by atoms with Gasteiger partial charge in [-0.2, -0.15) is 0 Å². The number of fused-ring (bicyclic) bond motifs is 2. The van der Waals surface area contributed by atoms with Crippen LogP contribution in [0, 0.1) is 16.7 Å². The maximum atomic E-state index is 12.6. The first-order chi connectivity index (χ1) is 11.7. The number of aliphatic hydroxyl groups excluding tert-OH is 2. The Morgan fingerprint density at radius 3 is 2.68 bits per heavy atom. The largest absolute Gasteiger partial charge is 0.459 e. The highest BCUT2D eigenvalue weighted by atomic mass is 16.7. The van der Waals surface area contributed by atoms with Crippen molar-refractivity contribution in [2.75, 3.05) is 0 Å². The summed E-state index contributed by atoms with van der Waals surface area (Å²) in [5.74, 6) is -1.10. The van der Waals surface area contributed by atoms with Gasteiger partial charge in [0.15, 0.2) is 11.7 Å². The van der Waals surface area contributed by atoms with Gasteiger partial charge in [0.25, 0.3) is 0 Å². The van der Waals surface area contributed by atoms with E-state index in [1.165, 1.54) is 6.08 Å². The van der Waals surface area contributed by atoms with Gasteiger partial charge in [0.2, 0.25) is 0 Å². The maximum absolute atomic E-state index is 12.6. The zero-order chi connectivity index (χ0) is 17.9. The molecular weight excluding hydrogens is 328 g/mol. The van der Waals surface area contributed by atoms with E-state index in [9.17, 15) is 19.8 Å². The van der Waals surface area contributed by atoms with Gasteiger partial charge in [0.05, 0.1) is 17.6 Å². The fraction of sp³-hybridized carbons (Fsp3) is 0.778. The van der Waals surface area contributed by atoms with Crippen molar-refractivity contribution in [1.29, 1.82) is 0 Å². The SMILES string of the molecule is C[C@@H](O)[C@H]1OC(=O)C=C2[C@@]3(C)[C@H](O)CC[C@]4(C)C(=O)O[C@H]([C@H]5O[C@@]251)[C@H]34. The number of carbonyl (C=O) groups excluding carboxylic acids is 2. The average molecular weight is 350 g/mol. The lowest BCUT2D eigenvalue weighted by Gasteiger charge is -2.56. The molecule has 9 atom stereocenters. The Labute approximate surface area is 144 Å². The predicted octanol–water partition coefficient (Wildman–Crippen LogP) is 0.0791. The Morgan fingerprint density at radius 1 is 1.28 bits per heavy atom. The summed E-state index contributed by atoms with van der Waals surface area (Å²) in [6.45, 7) is 5.32. The molecule has 5 rings (SSSR count). The molecule has 4 fully saturated rings. The Bertz CT molecular complexity index is 729. The molecule has 3 heterocycles. The van der Waals surface area contributed by atoms with E-state index in [4.69, 9.17) is 14.2 Å². The summed E-state index contributed by atoms with van der Waals surface area (Å²) in [5, 5.41) is 21.1. The molecule has 0 aromatic heterocycles. The van der Waals surface area contributed by atoms with Gasteiger partial charge in [0.1, 0.15) is 12.2 Å². The van der Waals surface area contributed by atoms with E-state index in [1.54, 1.807) is 6.92 Å². The van der Waals surface area contributed by atoms with Crippen LogP contribution >= 0.6 is 0 Å². The van der Waals surface area contributed by atoms with Crippen LogP contribution in [0.3, 0.4) is 0 Å². The van der Waals surface area contributed by atoms with Gasteiger partial charge in [-0.25, -0.2) is 4.79 Å². The van der Waals surface area contributed by atoms with Crippen LogP contribution < -0.4 is 0 Å². The number of ether oxygens (including phenoxy) is 3. The molecule has 1 spiro atoms. The van der Waals surface area contributed by atoms with Gasteiger partial charge >= 0.3 is 11.9 Å². The van der Waals surface area contributed by atoms with Gasteiger partial charge in [-0.15, -0.1) is 0 Å². The summed E-state index contributed by atoms with van der Waals surface area (Å²) >= 11 is 0. The van der Waals surface area contributed by atoms with Crippen molar-refractivity contribution in [3.8, 4) is 0 Å². The van der Waals surface area contributed by atoms with Crippen molar-refractivity contribution in [3.63, 3.8) is 0 Å². The van der Waals surface area contributed by atoms with Crippen molar-refractivity contribution >= 4 is 11.9 Å². The predicted molar refractivity (Wildman–Crippen MR) is 82.1 cm³/mol. The standard InChI is InChI=1S/C18H22O7/c1-7(19)13-18-8(6-10(21)23-13)17(3)9(20)4-5-16(2)12(17)11(14(18)25-18)24-15(16)22/h6-7,9,11-14,19-20H,4-5H2,1-3H3/t7-,9-,11+,12+,13-,14-,16+,17+,18-/m1/s1. The van der Waals surface area contributed by atoms with Crippen LogP contribution in [-0.4, -0.2) is 58.3 Å². The first kappa shape index (κ1) is 15.8. The number of cyclic esters (lactones) is 1. The maximum Gasteiger partial charge on any atom is 0.331 e. The Hall–Kier alpha value is -1.44. The molecule has 2 aliphatic carbocycles. The van der Waals surface area contributed by atoms with Crippen molar-refractivity contribution < 1.29 is 34.0 Å². The fourth-order valence-electron chi connectivity index (χ4n) is 6.20. The fourth-order valence-corrected chi connectivity index (χ4v) is 6.20. The second kappa shape index (κ2) is 4.27. The highest BCUT2D eigenvalue weighted by molar-refractivity contribution is 5.87. The van der Waals surface area contributed by atoms with Crippen molar-refractivity contribution in [1.82, 2.24) is 0 Å². The van der Waals surface area contributed by atoms with Crippen molar-refractivity contribution in [2.24, 2.45) is 16.7 Å². The van der Waals surface area contributed by atoms with E-state index in [-0.39, 0.29) is 11.9 Å². The second-order valence-electron chi connectivity index (χ2n) is 8.59. The van der Waals surface area contributed by atoms with E-state index in [0.29, 0.717) is 18.4 Å². The van der Waals surface area contributed by atoms with E-state index >= 15 is 0 Å². The van der Waals surface area contributed by atoms with E-state index in [1.807, 2.05) is 13.8 Å². The number of carbonyl (C=O) groups is 2. The molecule has 7 nitrogen and oxygen atoms in total. The Balaban J connectivity index is 1.75. The first-order valence-electron chi connectivity index (χ1n) is 8.85. The molecule has 136 valence electrons. The van der Waals surface area contributed by atoms with Crippen LogP contribution in [0.25, 0.3) is 0 Å². The number of hydrogen-bond donors (Lipinski definition) is 2. The topological polar surface area (TPSA) is 106 Å². The zero-order valence-corrected chi connectivity index (χ0v) is 14.4. The molecule has 0 bridgehead atoms. The van der Waals surface area contributed by atoms with Gasteiger partial charge in [-0.1, -0.05) is 6.92 Å². The van der Waals surface area contributed by atoms with Crippen molar-refractivity contribution in [2.45, 2.75) is 69.7 Å². The minimum atomic E-state index is -1.01. The molecule has 2 saturated carbocycles. The molecule has 0 aromatic rings. The van der Waals surface area contributed by atoms with Crippen LogP contribution in [0.1, 0.15) is 33.6 Å². The number of rotatable bonds is 1. The molecule has 2 saturated heterocycles. The molecule has 2 N–H and O–H groups in total. The molecule has 0 unspecified atom stereocenters. The zero-order valence-electron chi connectivity index (χ0n) is 14.4. The lowest BCUT2D eigenvalue weighted by atomic mass is 9.46. The number of hydrogen-bond acceptors (Lipinski definition) is 7. The van der Waals surface area contributed by atoms with Gasteiger partial charge in [0, 0.05) is 17.4 Å². The van der Waals surface area contributed by atoms with E-state index in [0.717, 1.165) is 0 Å². The molecular formula is C18H22O7. The highest BCUT2D eigenvalue weighted by Gasteiger charge is 2.84. The minimum absolute atomic E-state index is 0.272. The minimum Gasteiger partial charge on any atom is -0.459 e. The summed E-state index contributed by atoms with van der Waals surface area (Å²) < 4.78 is 17.1. The summed E-state index contributed by atoms with van der Waals surface area (Å²) in [7, 11) is 0. The number of epoxide rings is 1. The van der Waals surface area contributed by atoms with E-state index in [2.05, 4.69) is 0 Å². The molecule has 25 heavy (non-hydrogen) atoms. The van der Waals surface area contributed by atoms with Crippen LogP contribution in [0.15, 0.2) is 11.6 Å². The lowest BCUT2D eigenvalue weighted by Crippen LogP contribution is -2.64. The summed E-state index contributed by atoms with van der Waals surface area (Å²) in [6.07, 6.45) is -1.12. The molecule has 5 aliphatic rings. The van der Waals surface area contributed by atoms with Crippen molar-refractivity contribution in [3.05, 3.63) is 11.6 Å². The lowest BCUT2D eigenvalue weighted by molar-refractivity contribution is -0.161. The Morgan fingerprint density at radius 2 is 2.00 bits per heavy atom. The third kappa shape index (κ3) is 1.51. The number of esters is 2. The van der Waals surface area contributed by atoms with Crippen LogP contribution in [0.2, 0.25) is 0 Å². The monoisotopic (exact) mass is 350 g/mol. The van der Waals surface area contributed by atoms with Gasteiger partial charge in [-0.3, -0.25) is 4.79 Å². The van der Waals surface area contributed by atoms with E-state index < -0.39 is 52.9 Å². The van der Waals surface area contributed by atoms with Gasteiger partial charge < -0.3 is 24.4 Å². The summed E-state index contributed by atoms with van der Waals surface area (Å²) in [4.78, 5) is 24.8.